The fraction of sp³-hybridized carbons (Fsp3) is 0.417. The third kappa shape index (κ3) is 5.09. The highest BCUT2D eigenvalue weighted by Gasteiger charge is 2.39. The summed E-state index contributed by atoms with van der Waals surface area (Å²) in [6, 6.07) is 11.8. The lowest BCUT2D eigenvalue weighted by Gasteiger charge is -2.34. The molecule has 2 amide bonds. The first-order valence-electron chi connectivity index (χ1n) is 11.2. The van der Waals surface area contributed by atoms with Crippen LogP contribution >= 0.6 is 0 Å². The molecule has 2 aliphatic rings. The number of nitrogens with one attached hydrogen (secondary N) is 1. The van der Waals surface area contributed by atoms with E-state index < -0.39 is 21.9 Å². The van der Waals surface area contributed by atoms with Gasteiger partial charge >= 0.3 is 0 Å². The Bertz CT molecular complexity index is 1130. The summed E-state index contributed by atoms with van der Waals surface area (Å²) >= 11 is 0. The summed E-state index contributed by atoms with van der Waals surface area (Å²) in [5.41, 5.74) is 1.34. The maximum Gasteiger partial charge on any atom is 0.247 e. The van der Waals surface area contributed by atoms with E-state index in [1.165, 1.54) is 22.5 Å². The molecule has 7 nitrogen and oxygen atoms in total. The van der Waals surface area contributed by atoms with Gasteiger partial charge in [0.25, 0.3) is 0 Å². The molecule has 2 aliphatic heterocycles. The van der Waals surface area contributed by atoms with E-state index in [0.717, 1.165) is 5.56 Å². The van der Waals surface area contributed by atoms with Gasteiger partial charge in [-0.3, -0.25) is 9.59 Å². The minimum Gasteiger partial charge on any atom is -0.330 e. The molecule has 2 aromatic carbocycles. The van der Waals surface area contributed by atoms with Gasteiger partial charge in [0.05, 0.1) is 4.90 Å². The number of anilines is 1. The second-order valence-corrected chi connectivity index (χ2v) is 10.6. The number of benzene rings is 2. The van der Waals surface area contributed by atoms with Crippen molar-refractivity contribution in [3.63, 3.8) is 0 Å². The number of carbonyl (C=O) groups is 2. The van der Waals surface area contributed by atoms with Crippen LogP contribution in [0, 0.1) is 18.7 Å². The van der Waals surface area contributed by atoms with Gasteiger partial charge in [0.1, 0.15) is 11.9 Å². The number of halogens is 1. The predicted octanol–water partition coefficient (Wildman–Crippen LogP) is 3.16. The monoisotopic (exact) mass is 473 g/mol. The van der Waals surface area contributed by atoms with E-state index in [4.69, 9.17) is 0 Å². The average Bonchev–Trinajstić information content (AvgIpc) is 3.29. The highest BCUT2D eigenvalue weighted by atomic mass is 32.2. The molecule has 0 aromatic heterocycles. The van der Waals surface area contributed by atoms with E-state index in [2.05, 4.69) is 5.32 Å². The summed E-state index contributed by atoms with van der Waals surface area (Å²) < 4.78 is 40.7. The molecule has 0 bridgehead atoms. The molecule has 176 valence electrons. The molecule has 0 radical (unpaired) electrons. The van der Waals surface area contributed by atoms with E-state index >= 15 is 0 Å². The topological polar surface area (TPSA) is 86.8 Å². The van der Waals surface area contributed by atoms with Gasteiger partial charge in [-0.2, -0.15) is 4.31 Å². The molecule has 0 aliphatic carbocycles. The number of piperidine rings is 1. The van der Waals surface area contributed by atoms with Crippen molar-refractivity contribution in [2.75, 3.05) is 25.0 Å². The maximum atomic E-state index is 13.4. The minimum atomic E-state index is -3.60. The number of hydrogen-bond acceptors (Lipinski definition) is 4. The Morgan fingerprint density at radius 3 is 2.36 bits per heavy atom. The van der Waals surface area contributed by atoms with Crippen LogP contribution in [0.25, 0.3) is 0 Å². The van der Waals surface area contributed by atoms with Crippen molar-refractivity contribution in [2.24, 2.45) is 5.92 Å². The second-order valence-electron chi connectivity index (χ2n) is 8.68. The van der Waals surface area contributed by atoms with Gasteiger partial charge in [0.2, 0.25) is 21.8 Å². The minimum absolute atomic E-state index is 0.112. The van der Waals surface area contributed by atoms with E-state index in [-0.39, 0.29) is 35.7 Å². The molecule has 1 N–H and O–H groups in total. The summed E-state index contributed by atoms with van der Waals surface area (Å²) in [5.74, 6) is -1.21. The number of carbonyl (C=O) groups excluding carboxylic acids is 2. The molecule has 2 aromatic rings. The Morgan fingerprint density at radius 1 is 1.00 bits per heavy atom. The zero-order valence-electron chi connectivity index (χ0n) is 18.5. The molecule has 2 fully saturated rings. The van der Waals surface area contributed by atoms with Crippen molar-refractivity contribution in [1.29, 1.82) is 0 Å². The fourth-order valence-corrected chi connectivity index (χ4v) is 6.00. The van der Waals surface area contributed by atoms with Crippen LogP contribution in [0.4, 0.5) is 10.1 Å². The van der Waals surface area contributed by atoms with E-state index in [0.29, 0.717) is 37.9 Å². The van der Waals surface area contributed by atoms with Crippen LogP contribution < -0.4 is 5.32 Å². The third-order valence-electron chi connectivity index (χ3n) is 6.39. The summed E-state index contributed by atoms with van der Waals surface area (Å²) in [5, 5.41) is 2.70. The van der Waals surface area contributed by atoms with Crippen LogP contribution in [0.5, 0.6) is 0 Å². The molecule has 33 heavy (non-hydrogen) atoms. The molecular formula is C24H28FN3O4S. The first kappa shape index (κ1) is 23.4. The second kappa shape index (κ2) is 9.61. The lowest BCUT2D eigenvalue weighted by molar-refractivity contribution is -0.141. The lowest BCUT2D eigenvalue weighted by Crippen LogP contribution is -2.48. The number of nitrogens with zero attached hydrogens (tertiary/aromatic N) is 2. The molecular weight excluding hydrogens is 445 g/mol. The molecule has 2 heterocycles. The number of sulfonamides is 1. The largest absolute Gasteiger partial charge is 0.330 e. The number of likely N-dealkylation sites (tertiary alicyclic amines) is 1. The van der Waals surface area contributed by atoms with Crippen molar-refractivity contribution in [3.8, 4) is 0 Å². The van der Waals surface area contributed by atoms with Gasteiger partial charge in [-0.05, 0) is 62.9 Å². The van der Waals surface area contributed by atoms with Crippen LogP contribution in [-0.2, 0) is 19.6 Å². The summed E-state index contributed by atoms with van der Waals surface area (Å²) in [6.45, 7) is 2.92. The quantitative estimate of drug-likeness (QED) is 0.723. The number of hydrogen-bond donors (Lipinski definition) is 1. The zero-order valence-corrected chi connectivity index (χ0v) is 19.4. The van der Waals surface area contributed by atoms with Gasteiger partial charge in [-0.15, -0.1) is 0 Å². The maximum absolute atomic E-state index is 13.4. The Labute approximate surface area is 193 Å². The standard InChI is InChI=1S/C24H28FN3O4S/c1-17-7-9-21(10-8-17)33(31,32)27-14-11-18(12-15-27)24(30)28-13-3-6-22(28)23(29)26-20-5-2-4-19(25)16-20/h2,4-5,7-10,16,18,22H,3,6,11-15H2,1H3,(H,26,29)/t22-/m0/s1. The first-order chi connectivity index (χ1) is 15.8. The molecule has 0 unspecified atom stereocenters. The van der Waals surface area contributed by atoms with Crippen molar-refractivity contribution in [2.45, 2.75) is 43.5 Å². The lowest BCUT2D eigenvalue weighted by atomic mass is 9.96. The van der Waals surface area contributed by atoms with Gasteiger partial charge in [0.15, 0.2) is 0 Å². The van der Waals surface area contributed by atoms with Gasteiger partial charge in [0, 0.05) is 31.2 Å². The molecule has 0 saturated carbocycles. The smallest absolute Gasteiger partial charge is 0.247 e. The molecule has 2 saturated heterocycles. The van der Waals surface area contributed by atoms with Crippen molar-refractivity contribution in [3.05, 3.63) is 59.9 Å². The summed E-state index contributed by atoms with van der Waals surface area (Å²) in [6.07, 6.45) is 2.10. The molecule has 9 heteroatoms. The van der Waals surface area contributed by atoms with Crippen molar-refractivity contribution >= 4 is 27.5 Å². The van der Waals surface area contributed by atoms with E-state index in [9.17, 15) is 22.4 Å². The van der Waals surface area contributed by atoms with Crippen molar-refractivity contribution < 1.29 is 22.4 Å². The van der Waals surface area contributed by atoms with Crippen LogP contribution in [0.3, 0.4) is 0 Å². The van der Waals surface area contributed by atoms with Crippen LogP contribution in [0.2, 0.25) is 0 Å². The van der Waals surface area contributed by atoms with Crippen molar-refractivity contribution in [1.82, 2.24) is 9.21 Å². The molecule has 0 spiro atoms. The zero-order chi connectivity index (χ0) is 23.6. The van der Waals surface area contributed by atoms with E-state index in [1.807, 2.05) is 6.92 Å². The van der Waals surface area contributed by atoms with Gasteiger partial charge in [-0.1, -0.05) is 23.8 Å². The van der Waals surface area contributed by atoms with Gasteiger partial charge in [-0.25, -0.2) is 12.8 Å². The van der Waals surface area contributed by atoms with Crippen LogP contribution in [0.1, 0.15) is 31.2 Å². The van der Waals surface area contributed by atoms with Crippen LogP contribution in [-0.4, -0.2) is 55.1 Å². The normalized spacial score (nSPS) is 20.1. The molecule has 1 atom stereocenters. The Kier molecular flexibility index (Phi) is 6.81. The number of aryl methyl sites for hydroxylation is 1. The number of rotatable bonds is 5. The Balaban J connectivity index is 1.37. The van der Waals surface area contributed by atoms with Gasteiger partial charge < -0.3 is 10.2 Å². The highest BCUT2D eigenvalue weighted by molar-refractivity contribution is 7.89. The SMILES string of the molecule is Cc1ccc(S(=O)(=O)N2CCC(C(=O)N3CCC[C@H]3C(=O)Nc3cccc(F)c3)CC2)cc1. The molecule has 4 rings (SSSR count). The highest BCUT2D eigenvalue weighted by Crippen LogP contribution is 2.28. The predicted molar refractivity (Wildman–Crippen MR) is 122 cm³/mol. The third-order valence-corrected chi connectivity index (χ3v) is 8.31. The first-order valence-corrected chi connectivity index (χ1v) is 12.6. The van der Waals surface area contributed by atoms with Crippen LogP contribution in [0.15, 0.2) is 53.4 Å². The number of amides is 2. The summed E-state index contributed by atoms with van der Waals surface area (Å²) in [7, 11) is -3.60. The summed E-state index contributed by atoms with van der Waals surface area (Å²) in [4.78, 5) is 27.8. The Morgan fingerprint density at radius 2 is 1.70 bits per heavy atom. The fourth-order valence-electron chi connectivity index (χ4n) is 4.53. The van der Waals surface area contributed by atoms with E-state index in [1.54, 1.807) is 35.2 Å². The Hall–Kier alpha value is -2.78. The average molecular weight is 474 g/mol.